The molecule has 0 radical (unpaired) electrons. The van der Waals surface area contributed by atoms with Crippen molar-refractivity contribution in [3.8, 4) is 11.5 Å². The van der Waals surface area contributed by atoms with E-state index in [1.54, 1.807) is 19.9 Å². The molecule has 0 saturated carbocycles. The van der Waals surface area contributed by atoms with E-state index in [1.807, 2.05) is 30.3 Å². The van der Waals surface area contributed by atoms with Gasteiger partial charge in [-0.15, -0.1) is 4.91 Å². The Hall–Kier alpha value is -4.22. The third-order valence-corrected chi connectivity index (χ3v) is 6.55. The minimum absolute atomic E-state index is 0.119. The molecule has 1 heterocycles. The van der Waals surface area contributed by atoms with Gasteiger partial charge in [-0.3, -0.25) is 0 Å². The Morgan fingerprint density at radius 3 is 2.24 bits per heavy atom. The van der Waals surface area contributed by atoms with Gasteiger partial charge in [-0.25, -0.2) is 9.59 Å². The van der Waals surface area contributed by atoms with Crippen LogP contribution in [-0.2, 0) is 19.1 Å². The van der Waals surface area contributed by atoms with Crippen LogP contribution in [-0.4, -0.2) is 63.7 Å². The number of nitrogens with zero attached hydrogens (tertiary/aromatic N) is 1. The number of para-hydroxylation sites is 1. The summed E-state index contributed by atoms with van der Waals surface area (Å²) in [4.78, 5) is 37.1. The van der Waals surface area contributed by atoms with Crippen LogP contribution in [0.4, 0.5) is 5.69 Å². The van der Waals surface area contributed by atoms with Gasteiger partial charge >= 0.3 is 11.9 Å². The fraction of sp³-hybridized carbons (Fsp3) is 0.400. The second-order valence-corrected chi connectivity index (χ2v) is 9.47. The van der Waals surface area contributed by atoms with Crippen molar-refractivity contribution in [2.45, 2.75) is 38.7 Å². The number of nitrogens with one attached hydrogen (secondary N) is 2. The maximum atomic E-state index is 12.9. The van der Waals surface area contributed by atoms with E-state index in [1.165, 1.54) is 26.4 Å². The summed E-state index contributed by atoms with van der Waals surface area (Å²) in [6.07, 6.45) is 0.798. The maximum Gasteiger partial charge on any atom is 0.336 e. The van der Waals surface area contributed by atoms with Crippen LogP contribution in [0.5, 0.6) is 11.5 Å². The van der Waals surface area contributed by atoms with Crippen molar-refractivity contribution in [3.05, 3.63) is 81.5 Å². The Labute approximate surface area is 239 Å². The Kier molecular flexibility index (Phi) is 11.9. The van der Waals surface area contributed by atoms with Crippen LogP contribution in [0.1, 0.15) is 38.2 Å². The van der Waals surface area contributed by atoms with Gasteiger partial charge in [-0.2, -0.15) is 0 Å². The number of nitroso groups, excluding NO2 is 1. The van der Waals surface area contributed by atoms with E-state index in [0.29, 0.717) is 54.6 Å². The topological polar surface area (TPSA) is 145 Å². The van der Waals surface area contributed by atoms with Crippen molar-refractivity contribution >= 4 is 17.6 Å². The first-order chi connectivity index (χ1) is 19.8. The molecular formula is C30H37N3O8. The lowest BCUT2D eigenvalue weighted by molar-refractivity contribution is -0.137. The summed E-state index contributed by atoms with van der Waals surface area (Å²) in [5.74, 6) is -1.07. The summed E-state index contributed by atoms with van der Waals surface area (Å²) < 4.78 is 21.7. The molecule has 2 aromatic carbocycles. The highest BCUT2D eigenvalue weighted by atomic mass is 16.5. The van der Waals surface area contributed by atoms with Crippen molar-refractivity contribution in [2.75, 3.05) is 40.5 Å². The molecule has 0 aliphatic carbocycles. The van der Waals surface area contributed by atoms with E-state index in [9.17, 15) is 19.6 Å². The molecule has 220 valence electrons. The lowest BCUT2D eigenvalue weighted by Gasteiger charge is -2.31. The predicted octanol–water partition coefficient (Wildman–Crippen LogP) is 3.85. The van der Waals surface area contributed by atoms with Crippen molar-refractivity contribution in [3.63, 3.8) is 0 Å². The van der Waals surface area contributed by atoms with Gasteiger partial charge in [0.05, 0.1) is 37.9 Å². The van der Waals surface area contributed by atoms with Crippen LogP contribution in [0, 0.1) is 4.91 Å². The number of carbonyl (C=O) groups is 2. The number of ether oxygens (including phenoxy) is 4. The van der Waals surface area contributed by atoms with Crippen molar-refractivity contribution in [1.82, 2.24) is 10.6 Å². The fourth-order valence-corrected chi connectivity index (χ4v) is 4.59. The average molecular weight is 568 g/mol. The van der Waals surface area contributed by atoms with Crippen LogP contribution >= 0.6 is 0 Å². The molecule has 0 bridgehead atoms. The molecule has 0 spiro atoms. The summed E-state index contributed by atoms with van der Waals surface area (Å²) in [7, 11) is 2.51. The molecule has 0 unspecified atom stereocenters. The smallest absolute Gasteiger partial charge is 0.336 e. The van der Waals surface area contributed by atoms with E-state index in [4.69, 9.17) is 18.9 Å². The minimum atomic E-state index is -0.908. The van der Waals surface area contributed by atoms with Gasteiger partial charge in [0.2, 0.25) is 0 Å². The standard InChI is InChI=1S/C30H37N3O8/c1-19-26(29(35)38-3)28(27(20(2)32-19)30(36)39-4)24-16-21(33-37)12-13-25(24)40-15-9-8-14-31-17-22(34)18-41-23-10-6-5-7-11-23/h5-7,10-13,16,22,28,31-32,34H,8-9,14-15,17-18H2,1-4H3/t22-/m0/s1. The van der Waals surface area contributed by atoms with Crippen LogP contribution in [0.15, 0.2) is 76.2 Å². The number of rotatable bonds is 15. The van der Waals surface area contributed by atoms with Gasteiger partial charge in [0.15, 0.2) is 0 Å². The number of unbranched alkanes of at least 4 members (excludes halogenated alkanes) is 1. The molecule has 1 atom stereocenters. The Balaban J connectivity index is 1.65. The Morgan fingerprint density at radius 1 is 0.976 bits per heavy atom. The number of methoxy groups -OCH3 is 2. The van der Waals surface area contributed by atoms with Crippen molar-refractivity contribution in [1.29, 1.82) is 0 Å². The van der Waals surface area contributed by atoms with Gasteiger partial charge < -0.3 is 34.7 Å². The highest BCUT2D eigenvalue weighted by Crippen LogP contribution is 2.44. The first-order valence-corrected chi connectivity index (χ1v) is 13.3. The number of aliphatic hydroxyl groups is 1. The van der Waals surface area contributed by atoms with Gasteiger partial charge in [0.1, 0.15) is 29.9 Å². The lowest BCUT2D eigenvalue weighted by atomic mass is 9.80. The van der Waals surface area contributed by atoms with Crippen LogP contribution in [0.2, 0.25) is 0 Å². The molecule has 3 rings (SSSR count). The molecule has 0 aromatic heterocycles. The number of hydrogen-bond acceptors (Lipinski definition) is 11. The Morgan fingerprint density at radius 2 is 1.63 bits per heavy atom. The summed E-state index contributed by atoms with van der Waals surface area (Å²) in [5.41, 5.74) is 1.95. The van der Waals surface area contributed by atoms with Gasteiger partial charge in [0, 0.05) is 23.5 Å². The minimum Gasteiger partial charge on any atom is -0.493 e. The molecule has 2 aromatic rings. The average Bonchev–Trinajstić information content (AvgIpc) is 2.99. The number of dihydropyridines is 1. The molecule has 0 amide bonds. The van der Waals surface area contributed by atoms with E-state index < -0.39 is 24.0 Å². The first kappa shape index (κ1) is 31.3. The maximum absolute atomic E-state index is 12.9. The summed E-state index contributed by atoms with van der Waals surface area (Å²) in [5, 5.41) is 19.4. The van der Waals surface area contributed by atoms with Crippen LogP contribution < -0.4 is 20.1 Å². The summed E-state index contributed by atoms with van der Waals surface area (Å²) in [6.45, 7) is 4.98. The van der Waals surface area contributed by atoms with Crippen molar-refractivity contribution < 1.29 is 33.6 Å². The Bertz CT molecular complexity index is 1240. The number of benzene rings is 2. The van der Waals surface area contributed by atoms with Gasteiger partial charge in [-0.05, 0) is 68.7 Å². The number of esters is 2. The third-order valence-electron chi connectivity index (χ3n) is 6.55. The second-order valence-electron chi connectivity index (χ2n) is 9.47. The SMILES string of the molecule is COC(=O)C1=C(C)NC(C)=C(C(=O)OC)C1c1cc(N=O)ccc1OCCCCNC[C@H](O)COc1ccccc1. The quantitative estimate of drug-likeness (QED) is 0.165. The molecule has 11 heteroatoms. The normalized spacial score (nSPS) is 14.3. The first-order valence-electron chi connectivity index (χ1n) is 13.3. The molecule has 0 saturated heterocycles. The van der Waals surface area contributed by atoms with Gasteiger partial charge in [-0.1, -0.05) is 18.2 Å². The molecule has 41 heavy (non-hydrogen) atoms. The van der Waals surface area contributed by atoms with Crippen molar-refractivity contribution in [2.24, 2.45) is 5.18 Å². The number of hydrogen-bond donors (Lipinski definition) is 3. The van der Waals surface area contributed by atoms with E-state index in [-0.39, 0.29) is 23.4 Å². The number of carbonyl (C=O) groups excluding carboxylic acids is 2. The van der Waals surface area contributed by atoms with E-state index in [0.717, 1.165) is 6.42 Å². The predicted molar refractivity (Wildman–Crippen MR) is 153 cm³/mol. The molecule has 11 nitrogen and oxygen atoms in total. The number of allylic oxidation sites excluding steroid dienone is 2. The zero-order valence-electron chi connectivity index (χ0n) is 23.8. The molecule has 0 fully saturated rings. The number of aliphatic hydroxyl groups excluding tert-OH is 1. The fourth-order valence-electron chi connectivity index (χ4n) is 4.59. The van der Waals surface area contributed by atoms with E-state index in [2.05, 4.69) is 15.8 Å². The van der Waals surface area contributed by atoms with Crippen LogP contribution in [0.3, 0.4) is 0 Å². The highest BCUT2D eigenvalue weighted by Gasteiger charge is 2.39. The molecular weight excluding hydrogens is 530 g/mol. The highest BCUT2D eigenvalue weighted by molar-refractivity contribution is 6.00. The van der Waals surface area contributed by atoms with Gasteiger partial charge in [0.25, 0.3) is 0 Å². The molecule has 3 N–H and O–H groups in total. The largest absolute Gasteiger partial charge is 0.493 e. The second kappa shape index (κ2) is 15.5. The lowest BCUT2D eigenvalue weighted by Crippen LogP contribution is -2.32. The molecule has 1 aliphatic heterocycles. The zero-order valence-corrected chi connectivity index (χ0v) is 23.8. The molecule has 1 aliphatic rings. The third kappa shape index (κ3) is 8.38. The monoisotopic (exact) mass is 567 g/mol. The van der Waals surface area contributed by atoms with E-state index >= 15 is 0 Å². The summed E-state index contributed by atoms with van der Waals surface area (Å²) in [6, 6.07) is 13.9. The summed E-state index contributed by atoms with van der Waals surface area (Å²) >= 11 is 0. The van der Waals surface area contributed by atoms with Crippen LogP contribution in [0.25, 0.3) is 0 Å². The zero-order chi connectivity index (χ0) is 29.8.